The molecule has 0 amide bonds. The van der Waals surface area contributed by atoms with E-state index in [-0.39, 0.29) is 0 Å². The maximum Gasteiger partial charge on any atom is 0.164 e. The molecule has 0 saturated carbocycles. The number of thiophene rings is 1. The van der Waals surface area contributed by atoms with Crippen molar-refractivity contribution in [2.45, 2.75) is 48.2 Å². The Hall–Kier alpha value is -1.34. The van der Waals surface area contributed by atoms with Crippen molar-refractivity contribution in [3.05, 3.63) is 46.8 Å². The molecule has 3 rings (SSSR count). The van der Waals surface area contributed by atoms with Gasteiger partial charge in [-0.2, -0.15) is 0 Å². The standard InChI is InChI=1S/C18H21NO3S2/c1-12(19-20)13-5-7-15(8-6-13)24-16-9-14(10-23-16)18(4)11-21-17(2,3)22-18/h5-10,20H,11H2,1-4H3/b19-12+. The zero-order valence-electron chi connectivity index (χ0n) is 14.2. The fourth-order valence-electron chi connectivity index (χ4n) is 2.64. The van der Waals surface area contributed by atoms with Crippen molar-refractivity contribution >= 4 is 28.8 Å². The van der Waals surface area contributed by atoms with Gasteiger partial charge in [-0.3, -0.25) is 0 Å². The van der Waals surface area contributed by atoms with Crippen molar-refractivity contribution in [1.29, 1.82) is 0 Å². The smallest absolute Gasteiger partial charge is 0.164 e. The van der Waals surface area contributed by atoms with Gasteiger partial charge < -0.3 is 14.7 Å². The molecule has 1 aliphatic heterocycles. The van der Waals surface area contributed by atoms with Crippen molar-refractivity contribution in [2.24, 2.45) is 5.16 Å². The zero-order valence-corrected chi connectivity index (χ0v) is 15.8. The monoisotopic (exact) mass is 363 g/mol. The average molecular weight is 364 g/mol. The van der Waals surface area contributed by atoms with Gasteiger partial charge in [-0.25, -0.2) is 0 Å². The van der Waals surface area contributed by atoms with Crippen LogP contribution in [0.2, 0.25) is 0 Å². The summed E-state index contributed by atoms with van der Waals surface area (Å²) in [6.07, 6.45) is 0. The highest BCUT2D eigenvalue weighted by atomic mass is 32.2. The first-order valence-corrected chi connectivity index (χ1v) is 9.41. The number of hydrogen-bond acceptors (Lipinski definition) is 6. The van der Waals surface area contributed by atoms with Gasteiger partial charge in [-0.1, -0.05) is 29.1 Å². The lowest BCUT2D eigenvalue weighted by Gasteiger charge is -2.24. The van der Waals surface area contributed by atoms with Crippen LogP contribution in [0.1, 0.15) is 38.8 Å². The van der Waals surface area contributed by atoms with Crippen molar-refractivity contribution in [2.75, 3.05) is 6.61 Å². The van der Waals surface area contributed by atoms with E-state index in [1.54, 1.807) is 30.0 Å². The first-order chi connectivity index (χ1) is 11.3. The molecule has 1 fully saturated rings. The highest BCUT2D eigenvalue weighted by Gasteiger charge is 2.43. The van der Waals surface area contributed by atoms with E-state index in [0.29, 0.717) is 12.3 Å². The molecule has 6 heteroatoms. The molecule has 1 aromatic heterocycles. The molecule has 0 bridgehead atoms. The molecule has 0 radical (unpaired) electrons. The van der Waals surface area contributed by atoms with E-state index in [0.717, 1.165) is 16.0 Å². The molecular formula is C18H21NO3S2. The Labute approximate surface area is 150 Å². The number of rotatable bonds is 4. The van der Waals surface area contributed by atoms with Crippen LogP contribution in [0.25, 0.3) is 0 Å². The van der Waals surface area contributed by atoms with Crippen LogP contribution in [0, 0.1) is 0 Å². The van der Waals surface area contributed by atoms with E-state index in [1.165, 1.54) is 4.21 Å². The summed E-state index contributed by atoms with van der Waals surface area (Å²) in [5.41, 5.74) is 2.29. The van der Waals surface area contributed by atoms with Crippen LogP contribution < -0.4 is 0 Å². The van der Waals surface area contributed by atoms with Crippen LogP contribution in [0.15, 0.2) is 50.0 Å². The Morgan fingerprint density at radius 1 is 1.25 bits per heavy atom. The second-order valence-corrected chi connectivity index (χ2v) is 8.77. The molecule has 1 aromatic carbocycles. The largest absolute Gasteiger partial charge is 0.411 e. The van der Waals surface area contributed by atoms with E-state index in [9.17, 15) is 0 Å². The normalized spacial score (nSPS) is 23.6. The van der Waals surface area contributed by atoms with Crippen molar-refractivity contribution < 1.29 is 14.7 Å². The molecule has 128 valence electrons. The van der Waals surface area contributed by atoms with Gasteiger partial charge in [-0.05, 0) is 62.4 Å². The third-order valence-electron chi connectivity index (χ3n) is 3.99. The molecule has 24 heavy (non-hydrogen) atoms. The quantitative estimate of drug-likeness (QED) is 0.467. The summed E-state index contributed by atoms with van der Waals surface area (Å²) < 4.78 is 13.0. The predicted octanol–water partition coefficient (Wildman–Crippen LogP) is 5.10. The highest BCUT2D eigenvalue weighted by molar-refractivity contribution is 8.01. The van der Waals surface area contributed by atoms with Gasteiger partial charge in [0.15, 0.2) is 5.79 Å². The summed E-state index contributed by atoms with van der Waals surface area (Å²) >= 11 is 3.42. The van der Waals surface area contributed by atoms with Crippen molar-refractivity contribution in [3.8, 4) is 0 Å². The fourth-order valence-corrected chi connectivity index (χ4v) is 4.71. The summed E-state index contributed by atoms with van der Waals surface area (Å²) in [6, 6.07) is 10.2. The third-order valence-corrected chi connectivity index (χ3v) is 6.08. The van der Waals surface area contributed by atoms with Crippen LogP contribution in [0.3, 0.4) is 0 Å². The average Bonchev–Trinajstić information content (AvgIpc) is 3.12. The SMILES string of the molecule is C/C(=N\O)c1ccc(Sc2cc(C3(C)COC(C)(C)O3)cs2)cc1. The van der Waals surface area contributed by atoms with Crippen LogP contribution >= 0.6 is 23.1 Å². The summed E-state index contributed by atoms with van der Waals surface area (Å²) in [5.74, 6) is -0.536. The number of hydrogen-bond donors (Lipinski definition) is 1. The van der Waals surface area contributed by atoms with Crippen LogP contribution in [-0.2, 0) is 15.1 Å². The maximum absolute atomic E-state index is 8.82. The van der Waals surface area contributed by atoms with Gasteiger partial charge in [0.2, 0.25) is 0 Å². The fraction of sp³-hybridized carbons (Fsp3) is 0.389. The van der Waals surface area contributed by atoms with E-state index in [2.05, 4.69) is 23.5 Å². The maximum atomic E-state index is 8.82. The van der Waals surface area contributed by atoms with Crippen molar-refractivity contribution in [3.63, 3.8) is 0 Å². The zero-order chi connectivity index (χ0) is 17.4. The molecule has 1 unspecified atom stereocenters. The highest BCUT2D eigenvalue weighted by Crippen LogP contribution is 2.42. The van der Waals surface area contributed by atoms with Gasteiger partial charge in [-0.15, -0.1) is 11.3 Å². The molecule has 1 saturated heterocycles. The lowest BCUT2D eigenvalue weighted by Crippen LogP contribution is -2.27. The molecule has 4 nitrogen and oxygen atoms in total. The minimum absolute atomic E-state index is 0.391. The van der Waals surface area contributed by atoms with E-state index in [4.69, 9.17) is 14.7 Å². The van der Waals surface area contributed by atoms with E-state index in [1.807, 2.05) is 38.1 Å². The Bertz CT molecular complexity index is 752. The second kappa shape index (κ2) is 6.52. The van der Waals surface area contributed by atoms with Gasteiger partial charge in [0.1, 0.15) is 5.60 Å². The minimum Gasteiger partial charge on any atom is -0.411 e. The molecule has 2 aromatic rings. The van der Waals surface area contributed by atoms with E-state index >= 15 is 0 Å². The molecule has 0 aliphatic carbocycles. The van der Waals surface area contributed by atoms with Gasteiger partial charge in [0.25, 0.3) is 0 Å². The number of oxime groups is 1. The second-order valence-electron chi connectivity index (χ2n) is 6.49. The Morgan fingerprint density at radius 3 is 2.54 bits per heavy atom. The van der Waals surface area contributed by atoms with Crippen molar-refractivity contribution in [1.82, 2.24) is 0 Å². The molecule has 0 spiro atoms. The summed E-state index contributed by atoms with van der Waals surface area (Å²) in [4.78, 5) is 1.15. The first-order valence-electron chi connectivity index (χ1n) is 7.71. The number of ether oxygens (including phenoxy) is 2. The third kappa shape index (κ3) is 3.67. The minimum atomic E-state index is -0.536. The Kier molecular flexibility index (Phi) is 4.75. The molecule has 1 aliphatic rings. The first kappa shape index (κ1) is 17.5. The number of benzene rings is 1. The van der Waals surface area contributed by atoms with Crippen LogP contribution in [-0.4, -0.2) is 23.3 Å². The predicted molar refractivity (Wildman–Crippen MR) is 97.3 cm³/mol. The van der Waals surface area contributed by atoms with Crippen LogP contribution in [0.4, 0.5) is 0 Å². The Morgan fingerprint density at radius 2 is 1.96 bits per heavy atom. The van der Waals surface area contributed by atoms with E-state index < -0.39 is 11.4 Å². The lowest BCUT2D eigenvalue weighted by molar-refractivity contribution is -0.159. The summed E-state index contributed by atoms with van der Waals surface area (Å²) in [5, 5.41) is 14.2. The lowest BCUT2D eigenvalue weighted by atomic mass is 10.0. The number of nitrogens with zero attached hydrogens (tertiary/aromatic N) is 1. The van der Waals surface area contributed by atoms with Crippen LogP contribution in [0.5, 0.6) is 0 Å². The van der Waals surface area contributed by atoms with Gasteiger partial charge in [0, 0.05) is 4.90 Å². The molecule has 1 N–H and O–H groups in total. The summed E-state index contributed by atoms with van der Waals surface area (Å²) in [6.45, 7) is 8.30. The van der Waals surface area contributed by atoms with Gasteiger partial charge in [0.05, 0.1) is 16.5 Å². The summed E-state index contributed by atoms with van der Waals surface area (Å²) in [7, 11) is 0. The molecule has 1 atom stereocenters. The topological polar surface area (TPSA) is 51.1 Å². The molecular weight excluding hydrogens is 342 g/mol. The molecule has 2 heterocycles. The Balaban J connectivity index is 1.73. The van der Waals surface area contributed by atoms with Gasteiger partial charge >= 0.3 is 0 Å².